The minimum atomic E-state index is -0.422. The molecule has 1 saturated carbocycles. The molecule has 2 aliphatic rings. The second kappa shape index (κ2) is 7.95. The summed E-state index contributed by atoms with van der Waals surface area (Å²) in [5.41, 5.74) is 1.05. The highest BCUT2D eigenvalue weighted by Gasteiger charge is 2.28. The lowest BCUT2D eigenvalue weighted by Crippen LogP contribution is -2.48. The predicted octanol–water partition coefficient (Wildman–Crippen LogP) is 3.07. The number of hydrogen-bond acceptors (Lipinski definition) is 4. The molecule has 1 atom stereocenters. The molecule has 3 rings (SSSR count). The Balaban J connectivity index is 1.42. The SMILES string of the molecule is CN1C[C@@H](C(=O)NCCSC2CCCCC2)Oc2ccccc21. The zero-order valence-corrected chi connectivity index (χ0v) is 14.6. The van der Waals surface area contributed by atoms with Crippen molar-refractivity contribution in [3.63, 3.8) is 0 Å². The summed E-state index contributed by atoms with van der Waals surface area (Å²) < 4.78 is 5.85. The molecule has 126 valence electrons. The number of hydrogen-bond donors (Lipinski definition) is 1. The van der Waals surface area contributed by atoms with Gasteiger partial charge in [-0.1, -0.05) is 31.4 Å². The quantitative estimate of drug-likeness (QED) is 0.840. The molecule has 23 heavy (non-hydrogen) atoms. The zero-order chi connectivity index (χ0) is 16.1. The Kier molecular flexibility index (Phi) is 5.70. The Bertz CT molecular complexity index is 532. The molecule has 1 heterocycles. The van der Waals surface area contributed by atoms with E-state index in [-0.39, 0.29) is 5.91 Å². The number of nitrogens with one attached hydrogen (secondary N) is 1. The van der Waals surface area contributed by atoms with Crippen LogP contribution in [0.3, 0.4) is 0 Å². The molecule has 5 heteroatoms. The van der Waals surface area contributed by atoms with Gasteiger partial charge in [0.05, 0.1) is 12.2 Å². The molecule has 0 radical (unpaired) electrons. The third-order valence-corrected chi connectivity index (χ3v) is 5.97. The molecule has 0 saturated heterocycles. The summed E-state index contributed by atoms with van der Waals surface area (Å²) in [4.78, 5) is 14.4. The average Bonchev–Trinajstić information content (AvgIpc) is 2.59. The minimum Gasteiger partial charge on any atom is -0.477 e. The third kappa shape index (κ3) is 4.34. The van der Waals surface area contributed by atoms with Gasteiger partial charge in [0, 0.05) is 24.6 Å². The number of para-hydroxylation sites is 2. The lowest BCUT2D eigenvalue weighted by molar-refractivity contribution is -0.127. The zero-order valence-electron chi connectivity index (χ0n) is 13.8. The summed E-state index contributed by atoms with van der Waals surface area (Å²) >= 11 is 2.01. The van der Waals surface area contributed by atoms with Crippen molar-refractivity contribution in [2.75, 3.05) is 30.8 Å². The highest BCUT2D eigenvalue weighted by Crippen LogP contribution is 2.32. The average molecular weight is 334 g/mol. The van der Waals surface area contributed by atoms with E-state index < -0.39 is 6.10 Å². The van der Waals surface area contributed by atoms with Crippen LogP contribution in [-0.2, 0) is 4.79 Å². The Morgan fingerprint density at radius 1 is 1.30 bits per heavy atom. The lowest BCUT2D eigenvalue weighted by Gasteiger charge is -2.33. The summed E-state index contributed by atoms with van der Waals surface area (Å²) in [7, 11) is 2.00. The van der Waals surface area contributed by atoms with Crippen LogP contribution in [0.1, 0.15) is 32.1 Å². The van der Waals surface area contributed by atoms with Crippen LogP contribution in [0.2, 0.25) is 0 Å². The van der Waals surface area contributed by atoms with Gasteiger partial charge in [0.1, 0.15) is 5.75 Å². The molecular formula is C18H26N2O2S. The van der Waals surface area contributed by atoms with E-state index >= 15 is 0 Å². The number of carbonyl (C=O) groups excluding carboxylic acids is 1. The largest absolute Gasteiger partial charge is 0.477 e. The van der Waals surface area contributed by atoms with Crippen LogP contribution in [0.15, 0.2) is 24.3 Å². The van der Waals surface area contributed by atoms with E-state index in [2.05, 4.69) is 10.2 Å². The number of likely N-dealkylation sites (N-methyl/N-ethyl adjacent to an activating group) is 1. The number of anilines is 1. The molecule has 1 aliphatic heterocycles. The number of carbonyl (C=O) groups is 1. The topological polar surface area (TPSA) is 41.6 Å². The molecule has 4 nitrogen and oxygen atoms in total. The second-order valence-corrected chi connectivity index (χ2v) is 7.78. The fourth-order valence-corrected chi connectivity index (χ4v) is 4.51. The van der Waals surface area contributed by atoms with Crippen molar-refractivity contribution >= 4 is 23.4 Å². The van der Waals surface area contributed by atoms with Crippen LogP contribution in [-0.4, -0.2) is 43.2 Å². The number of fused-ring (bicyclic) bond motifs is 1. The number of ether oxygens (including phenoxy) is 1. The normalized spacial score (nSPS) is 21.4. The first-order valence-corrected chi connectivity index (χ1v) is 9.65. The third-order valence-electron chi connectivity index (χ3n) is 4.58. The summed E-state index contributed by atoms with van der Waals surface area (Å²) in [5, 5.41) is 3.83. The van der Waals surface area contributed by atoms with Crippen molar-refractivity contribution in [2.24, 2.45) is 0 Å². The molecule has 0 aromatic heterocycles. The highest BCUT2D eigenvalue weighted by atomic mass is 32.2. The molecule has 1 aromatic rings. The second-order valence-electron chi connectivity index (χ2n) is 6.38. The predicted molar refractivity (Wildman–Crippen MR) is 96.5 cm³/mol. The molecule has 1 aliphatic carbocycles. The van der Waals surface area contributed by atoms with Gasteiger partial charge in [-0.05, 0) is 25.0 Å². The van der Waals surface area contributed by atoms with Gasteiger partial charge >= 0.3 is 0 Å². The molecule has 0 spiro atoms. The van der Waals surface area contributed by atoms with Crippen LogP contribution < -0.4 is 15.0 Å². The van der Waals surface area contributed by atoms with E-state index in [1.54, 1.807) is 0 Å². The van der Waals surface area contributed by atoms with Crippen LogP contribution in [0.5, 0.6) is 5.75 Å². The maximum atomic E-state index is 12.3. The van der Waals surface area contributed by atoms with Gasteiger partial charge in [-0.3, -0.25) is 4.79 Å². The van der Waals surface area contributed by atoms with Gasteiger partial charge in [-0.15, -0.1) is 0 Å². The first-order valence-electron chi connectivity index (χ1n) is 8.60. The minimum absolute atomic E-state index is 0.00408. The molecular weight excluding hydrogens is 308 g/mol. The summed E-state index contributed by atoms with van der Waals surface area (Å²) in [6.45, 7) is 1.32. The van der Waals surface area contributed by atoms with Crippen LogP contribution in [0, 0.1) is 0 Å². The van der Waals surface area contributed by atoms with E-state index in [4.69, 9.17) is 4.74 Å². The van der Waals surface area contributed by atoms with Crippen LogP contribution in [0.25, 0.3) is 0 Å². The number of benzene rings is 1. The summed E-state index contributed by atoms with van der Waals surface area (Å²) in [6.07, 6.45) is 6.38. The standard InChI is InChI=1S/C18H26N2O2S/c1-20-13-17(22-16-10-6-5-9-15(16)20)18(21)19-11-12-23-14-7-3-2-4-8-14/h5-6,9-10,14,17H,2-4,7-8,11-13H2,1H3,(H,19,21)/t17-/m0/s1. The van der Waals surface area contributed by atoms with Gasteiger partial charge in [-0.25, -0.2) is 0 Å². The fourth-order valence-electron chi connectivity index (χ4n) is 3.29. The van der Waals surface area contributed by atoms with E-state index in [0.29, 0.717) is 6.54 Å². The first kappa shape index (κ1) is 16.5. The van der Waals surface area contributed by atoms with Crippen molar-refractivity contribution in [3.8, 4) is 5.75 Å². The number of amides is 1. The van der Waals surface area contributed by atoms with Crippen molar-refractivity contribution in [1.82, 2.24) is 5.32 Å². The van der Waals surface area contributed by atoms with E-state index in [0.717, 1.165) is 29.0 Å². The molecule has 1 fully saturated rings. The molecule has 1 amide bonds. The van der Waals surface area contributed by atoms with E-state index in [1.165, 1.54) is 32.1 Å². The highest BCUT2D eigenvalue weighted by molar-refractivity contribution is 7.99. The van der Waals surface area contributed by atoms with Crippen molar-refractivity contribution < 1.29 is 9.53 Å². The fraction of sp³-hybridized carbons (Fsp3) is 0.611. The molecule has 1 aromatic carbocycles. The first-order chi connectivity index (χ1) is 11.2. The number of rotatable bonds is 5. The van der Waals surface area contributed by atoms with Crippen molar-refractivity contribution in [2.45, 2.75) is 43.5 Å². The molecule has 0 bridgehead atoms. The Morgan fingerprint density at radius 2 is 2.09 bits per heavy atom. The monoisotopic (exact) mass is 334 g/mol. The summed E-state index contributed by atoms with van der Waals surface area (Å²) in [6, 6.07) is 7.86. The Morgan fingerprint density at radius 3 is 2.91 bits per heavy atom. The van der Waals surface area contributed by atoms with Crippen molar-refractivity contribution in [1.29, 1.82) is 0 Å². The van der Waals surface area contributed by atoms with Crippen molar-refractivity contribution in [3.05, 3.63) is 24.3 Å². The number of nitrogens with zero attached hydrogens (tertiary/aromatic N) is 1. The number of thioether (sulfide) groups is 1. The lowest BCUT2D eigenvalue weighted by atomic mass is 10.0. The maximum Gasteiger partial charge on any atom is 0.262 e. The van der Waals surface area contributed by atoms with Gasteiger partial charge < -0.3 is 15.0 Å². The van der Waals surface area contributed by atoms with Crippen LogP contribution in [0.4, 0.5) is 5.69 Å². The Hall–Kier alpha value is -1.36. The maximum absolute atomic E-state index is 12.3. The van der Waals surface area contributed by atoms with E-state index in [9.17, 15) is 4.79 Å². The molecule has 0 unspecified atom stereocenters. The van der Waals surface area contributed by atoms with E-state index in [1.807, 2.05) is 43.1 Å². The van der Waals surface area contributed by atoms with Gasteiger partial charge in [-0.2, -0.15) is 11.8 Å². The van der Waals surface area contributed by atoms with Crippen LogP contribution >= 0.6 is 11.8 Å². The molecule has 1 N–H and O–H groups in total. The summed E-state index contributed by atoms with van der Waals surface area (Å²) in [5.74, 6) is 1.78. The van der Waals surface area contributed by atoms with Gasteiger partial charge in [0.25, 0.3) is 5.91 Å². The van der Waals surface area contributed by atoms with Gasteiger partial charge in [0.2, 0.25) is 0 Å². The Labute approximate surface area is 143 Å². The van der Waals surface area contributed by atoms with Gasteiger partial charge in [0.15, 0.2) is 6.10 Å². The smallest absolute Gasteiger partial charge is 0.262 e.